The molecule has 0 spiro atoms. The van der Waals surface area contributed by atoms with Crippen LogP contribution in [0.2, 0.25) is 0 Å². The Bertz CT molecular complexity index is 175. The topological polar surface area (TPSA) is 21.3 Å². The average Bonchev–Trinajstić information content (AvgIpc) is 2.46. The standard InChI is InChI=1S/C13H25NO/c1-11-4-2-5-13(10-11)15-12-6-3-8-14-9-7-12/h11-14H,2-10H2,1H3. The molecule has 3 atom stereocenters. The van der Waals surface area contributed by atoms with Gasteiger partial charge in [-0.2, -0.15) is 0 Å². The van der Waals surface area contributed by atoms with E-state index in [0.717, 1.165) is 12.5 Å². The molecule has 1 saturated heterocycles. The molecule has 0 radical (unpaired) electrons. The van der Waals surface area contributed by atoms with E-state index in [0.29, 0.717) is 12.2 Å². The van der Waals surface area contributed by atoms with Crippen molar-refractivity contribution in [3.63, 3.8) is 0 Å². The SMILES string of the molecule is CC1CCCC(OC2CCCNCC2)C1. The molecule has 2 rings (SSSR count). The van der Waals surface area contributed by atoms with Crippen molar-refractivity contribution in [1.82, 2.24) is 5.32 Å². The highest BCUT2D eigenvalue weighted by atomic mass is 16.5. The lowest BCUT2D eigenvalue weighted by atomic mass is 9.88. The molecule has 2 aliphatic rings. The van der Waals surface area contributed by atoms with Crippen molar-refractivity contribution in [2.45, 2.75) is 64.1 Å². The van der Waals surface area contributed by atoms with Crippen LogP contribution in [0.1, 0.15) is 51.9 Å². The van der Waals surface area contributed by atoms with Gasteiger partial charge in [0.25, 0.3) is 0 Å². The summed E-state index contributed by atoms with van der Waals surface area (Å²) in [7, 11) is 0. The molecule has 0 aromatic rings. The minimum atomic E-state index is 0.537. The van der Waals surface area contributed by atoms with E-state index in [9.17, 15) is 0 Å². The molecule has 15 heavy (non-hydrogen) atoms. The maximum absolute atomic E-state index is 6.24. The molecule has 0 amide bonds. The summed E-state index contributed by atoms with van der Waals surface area (Å²) in [6, 6.07) is 0. The Hall–Kier alpha value is -0.0800. The van der Waals surface area contributed by atoms with Gasteiger partial charge >= 0.3 is 0 Å². The first-order valence-electron chi connectivity index (χ1n) is 6.71. The van der Waals surface area contributed by atoms with Crippen LogP contribution in [0.3, 0.4) is 0 Å². The Balaban J connectivity index is 1.74. The molecule has 1 aliphatic heterocycles. The quantitative estimate of drug-likeness (QED) is 0.758. The van der Waals surface area contributed by atoms with Crippen molar-refractivity contribution in [2.75, 3.05) is 13.1 Å². The van der Waals surface area contributed by atoms with Crippen molar-refractivity contribution in [3.05, 3.63) is 0 Å². The highest BCUT2D eigenvalue weighted by Gasteiger charge is 2.23. The predicted octanol–water partition coefficient (Wildman–Crippen LogP) is 2.72. The number of rotatable bonds is 2. The molecule has 2 fully saturated rings. The van der Waals surface area contributed by atoms with Crippen LogP contribution >= 0.6 is 0 Å². The summed E-state index contributed by atoms with van der Waals surface area (Å²) in [6.45, 7) is 4.69. The van der Waals surface area contributed by atoms with Gasteiger partial charge in [0, 0.05) is 0 Å². The van der Waals surface area contributed by atoms with E-state index in [4.69, 9.17) is 4.74 Å². The van der Waals surface area contributed by atoms with E-state index in [2.05, 4.69) is 12.2 Å². The highest BCUT2D eigenvalue weighted by molar-refractivity contribution is 4.74. The smallest absolute Gasteiger partial charge is 0.0591 e. The van der Waals surface area contributed by atoms with Crippen LogP contribution in [-0.2, 0) is 4.74 Å². The summed E-state index contributed by atoms with van der Waals surface area (Å²) in [5.74, 6) is 0.882. The second kappa shape index (κ2) is 5.86. The minimum Gasteiger partial charge on any atom is -0.375 e. The second-order valence-electron chi connectivity index (χ2n) is 5.33. The van der Waals surface area contributed by atoms with E-state index < -0.39 is 0 Å². The van der Waals surface area contributed by atoms with Crippen molar-refractivity contribution >= 4 is 0 Å². The molecule has 0 aromatic carbocycles. The summed E-state index contributed by atoms with van der Waals surface area (Å²) in [6.07, 6.45) is 10.2. The van der Waals surface area contributed by atoms with Crippen LogP contribution in [-0.4, -0.2) is 25.3 Å². The summed E-state index contributed by atoms with van der Waals surface area (Å²) < 4.78 is 6.24. The summed E-state index contributed by atoms with van der Waals surface area (Å²) in [5.41, 5.74) is 0. The van der Waals surface area contributed by atoms with E-state index in [-0.39, 0.29) is 0 Å². The van der Waals surface area contributed by atoms with Crippen LogP contribution in [0, 0.1) is 5.92 Å². The summed E-state index contributed by atoms with van der Waals surface area (Å²) >= 11 is 0. The maximum atomic E-state index is 6.24. The molecule has 88 valence electrons. The molecule has 1 aliphatic carbocycles. The molecular weight excluding hydrogens is 186 g/mol. The Kier molecular flexibility index (Phi) is 4.45. The molecule has 1 N–H and O–H groups in total. The van der Waals surface area contributed by atoms with Gasteiger partial charge in [0.2, 0.25) is 0 Å². The maximum Gasteiger partial charge on any atom is 0.0591 e. The zero-order chi connectivity index (χ0) is 10.5. The molecule has 0 bridgehead atoms. The predicted molar refractivity (Wildman–Crippen MR) is 63.0 cm³/mol. The van der Waals surface area contributed by atoms with Crippen molar-refractivity contribution in [2.24, 2.45) is 5.92 Å². The normalized spacial score (nSPS) is 38.6. The van der Waals surface area contributed by atoms with Crippen molar-refractivity contribution in [3.8, 4) is 0 Å². The molecule has 0 aromatic heterocycles. The van der Waals surface area contributed by atoms with Crippen molar-refractivity contribution in [1.29, 1.82) is 0 Å². The minimum absolute atomic E-state index is 0.537. The van der Waals surface area contributed by atoms with Crippen LogP contribution in [0.5, 0.6) is 0 Å². The zero-order valence-corrected chi connectivity index (χ0v) is 10.0. The van der Waals surface area contributed by atoms with Gasteiger partial charge in [0.15, 0.2) is 0 Å². The Morgan fingerprint density at radius 2 is 1.80 bits per heavy atom. The van der Waals surface area contributed by atoms with Gasteiger partial charge in [-0.15, -0.1) is 0 Å². The van der Waals surface area contributed by atoms with Crippen molar-refractivity contribution < 1.29 is 4.74 Å². The van der Waals surface area contributed by atoms with Gasteiger partial charge in [-0.05, 0) is 51.1 Å². The second-order valence-corrected chi connectivity index (χ2v) is 5.33. The largest absolute Gasteiger partial charge is 0.375 e. The first-order valence-corrected chi connectivity index (χ1v) is 6.71. The van der Waals surface area contributed by atoms with E-state index in [1.807, 2.05) is 0 Å². The number of hydrogen-bond donors (Lipinski definition) is 1. The first-order chi connectivity index (χ1) is 7.34. The lowest BCUT2D eigenvalue weighted by Gasteiger charge is -2.30. The van der Waals surface area contributed by atoms with Crippen LogP contribution < -0.4 is 5.32 Å². The lowest BCUT2D eigenvalue weighted by Crippen LogP contribution is -2.27. The van der Waals surface area contributed by atoms with Gasteiger partial charge in [0.05, 0.1) is 12.2 Å². The first kappa shape index (κ1) is 11.4. The highest BCUT2D eigenvalue weighted by Crippen LogP contribution is 2.27. The molecule has 3 unspecified atom stereocenters. The van der Waals surface area contributed by atoms with Gasteiger partial charge < -0.3 is 10.1 Å². The molecule has 2 heteroatoms. The summed E-state index contributed by atoms with van der Waals surface area (Å²) in [4.78, 5) is 0. The van der Waals surface area contributed by atoms with E-state index in [1.165, 1.54) is 51.5 Å². The van der Waals surface area contributed by atoms with Gasteiger partial charge in [-0.1, -0.05) is 19.8 Å². The van der Waals surface area contributed by atoms with Crippen LogP contribution in [0.15, 0.2) is 0 Å². The Labute approximate surface area is 93.8 Å². The third-order valence-electron chi connectivity index (χ3n) is 3.80. The third-order valence-corrected chi connectivity index (χ3v) is 3.80. The van der Waals surface area contributed by atoms with Gasteiger partial charge in [0.1, 0.15) is 0 Å². The fourth-order valence-corrected chi connectivity index (χ4v) is 2.90. The molecule has 2 nitrogen and oxygen atoms in total. The molecule has 1 heterocycles. The molecular formula is C13H25NO. The average molecular weight is 211 g/mol. The number of hydrogen-bond acceptors (Lipinski definition) is 2. The zero-order valence-electron chi connectivity index (χ0n) is 10.0. The van der Waals surface area contributed by atoms with Gasteiger partial charge in [-0.25, -0.2) is 0 Å². The van der Waals surface area contributed by atoms with E-state index in [1.54, 1.807) is 0 Å². The lowest BCUT2D eigenvalue weighted by molar-refractivity contribution is -0.0429. The van der Waals surface area contributed by atoms with Crippen LogP contribution in [0.25, 0.3) is 0 Å². The fourth-order valence-electron chi connectivity index (χ4n) is 2.90. The van der Waals surface area contributed by atoms with Gasteiger partial charge in [-0.3, -0.25) is 0 Å². The Morgan fingerprint density at radius 3 is 2.67 bits per heavy atom. The fraction of sp³-hybridized carbons (Fsp3) is 1.00. The van der Waals surface area contributed by atoms with Crippen LogP contribution in [0.4, 0.5) is 0 Å². The third kappa shape index (κ3) is 3.76. The number of nitrogens with one attached hydrogen (secondary N) is 1. The number of ether oxygens (including phenoxy) is 1. The van der Waals surface area contributed by atoms with E-state index >= 15 is 0 Å². The Morgan fingerprint density at radius 1 is 0.933 bits per heavy atom. The monoisotopic (exact) mass is 211 g/mol. The molecule has 1 saturated carbocycles. The summed E-state index contributed by atoms with van der Waals surface area (Å²) in [5, 5.41) is 3.44.